The van der Waals surface area contributed by atoms with E-state index in [-0.39, 0.29) is 5.91 Å². The van der Waals surface area contributed by atoms with E-state index in [4.69, 9.17) is 4.74 Å². The smallest absolute Gasteiger partial charge is 0.253 e. The van der Waals surface area contributed by atoms with Crippen LogP contribution in [0.1, 0.15) is 41.6 Å². The van der Waals surface area contributed by atoms with Crippen LogP contribution < -0.4 is 9.64 Å². The fourth-order valence-electron chi connectivity index (χ4n) is 5.86. The van der Waals surface area contributed by atoms with Crippen LogP contribution in [-0.2, 0) is 0 Å². The monoisotopic (exact) mass is 447 g/mol. The molecule has 2 aromatic rings. The average molecular weight is 448 g/mol. The van der Waals surface area contributed by atoms with Crippen LogP contribution in [0.5, 0.6) is 5.75 Å². The van der Waals surface area contributed by atoms with Crippen molar-refractivity contribution in [1.29, 1.82) is 0 Å². The van der Waals surface area contributed by atoms with E-state index in [1.807, 2.05) is 29.2 Å². The molecule has 2 atom stereocenters. The summed E-state index contributed by atoms with van der Waals surface area (Å²) in [7, 11) is 0. The Labute approximate surface area is 198 Å². The molecule has 2 unspecified atom stereocenters. The van der Waals surface area contributed by atoms with Crippen molar-refractivity contribution in [3.05, 3.63) is 59.7 Å². The first-order valence-electron chi connectivity index (χ1n) is 12.7. The van der Waals surface area contributed by atoms with Crippen LogP contribution in [0.15, 0.2) is 48.5 Å². The fourth-order valence-corrected chi connectivity index (χ4v) is 5.86. The molecule has 3 aliphatic rings. The van der Waals surface area contributed by atoms with Crippen molar-refractivity contribution in [3.63, 3.8) is 0 Å². The Hall–Kier alpha value is -2.53. The molecule has 1 saturated carbocycles. The van der Waals surface area contributed by atoms with Gasteiger partial charge in [-0.25, -0.2) is 0 Å². The molecule has 2 saturated heterocycles. The number of amides is 1. The van der Waals surface area contributed by atoms with Gasteiger partial charge in [-0.1, -0.05) is 18.6 Å². The number of hydrogen-bond acceptors (Lipinski definition) is 4. The molecule has 5 nitrogen and oxygen atoms in total. The Morgan fingerprint density at radius 2 is 1.70 bits per heavy atom. The highest BCUT2D eigenvalue weighted by molar-refractivity contribution is 5.94. The number of carbonyl (C=O) groups excluding carboxylic acids is 1. The Morgan fingerprint density at radius 1 is 0.970 bits per heavy atom. The molecule has 0 N–H and O–H groups in total. The predicted molar refractivity (Wildman–Crippen MR) is 133 cm³/mol. The minimum absolute atomic E-state index is 0.116. The van der Waals surface area contributed by atoms with E-state index in [0.717, 1.165) is 68.9 Å². The van der Waals surface area contributed by atoms with Crippen LogP contribution in [0.3, 0.4) is 0 Å². The maximum atomic E-state index is 13.0. The third-order valence-electron chi connectivity index (χ3n) is 7.72. The van der Waals surface area contributed by atoms with Crippen molar-refractivity contribution in [2.24, 2.45) is 11.8 Å². The number of carbonyl (C=O) groups is 1. The molecule has 5 rings (SSSR count). The second kappa shape index (κ2) is 10.2. The molecule has 0 bridgehead atoms. The van der Waals surface area contributed by atoms with E-state index < -0.39 is 0 Å². The van der Waals surface area contributed by atoms with Gasteiger partial charge >= 0.3 is 0 Å². The van der Waals surface area contributed by atoms with Crippen LogP contribution in [0.25, 0.3) is 0 Å². The summed E-state index contributed by atoms with van der Waals surface area (Å²) < 4.78 is 5.95. The van der Waals surface area contributed by atoms with Gasteiger partial charge in [0.25, 0.3) is 5.91 Å². The third kappa shape index (κ3) is 5.35. The molecule has 176 valence electrons. The lowest BCUT2D eigenvalue weighted by Crippen LogP contribution is -2.48. The Kier molecular flexibility index (Phi) is 6.86. The van der Waals surface area contributed by atoms with Crippen molar-refractivity contribution < 1.29 is 9.53 Å². The summed E-state index contributed by atoms with van der Waals surface area (Å²) in [6.07, 6.45) is 5.37. The molecule has 0 radical (unpaired) electrons. The lowest BCUT2D eigenvalue weighted by Gasteiger charge is -2.36. The summed E-state index contributed by atoms with van der Waals surface area (Å²) in [5, 5.41) is 0. The van der Waals surface area contributed by atoms with Crippen LogP contribution in [0.4, 0.5) is 5.69 Å². The van der Waals surface area contributed by atoms with E-state index in [9.17, 15) is 4.79 Å². The largest absolute Gasteiger partial charge is 0.494 e. The predicted octanol–water partition coefficient (Wildman–Crippen LogP) is 4.46. The van der Waals surface area contributed by atoms with Gasteiger partial charge in [0.1, 0.15) is 5.75 Å². The number of rotatable bonds is 7. The van der Waals surface area contributed by atoms with E-state index >= 15 is 0 Å². The topological polar surface area (TPSA) is 36.0 Å². The molecule has 2 aromatic carbocycles. The van der Waals surface area contributed by atoms with Gasteiger partial charge in [-0.3, -0.25) is 4.79 Å². The summed E-state index contributed by atoms with van der Waals surface area (Å²) in [6, 6.07) is 16.3. The van der Waals surface area contributed by atoms with Crippen LogP contribution in [0.2, 0.25) is 0 Å². The van der Waals surface area contributed by atoms with Gasteiger partial charge < -0.3 is 19.4 Å². The Morgan fingerprint density at radius 3 is 2.39 bits per heavy atom. The molecule has 2 aliphatic heterocycles. The van der Waals surface area contributed by atoms with Gasteiger partial charge in [0.05, 0.1) is 6.61 Å². The first kappa shape index (κ1) is 22.3. The van der Waals surface area contributed by atoms with Crippen molar-refractivity contribution in [2.75, 3.05) is 57.3 Å². The molecule has 0 spiro atoms. The lowest BCUT2D eigenvalue weighted by atomic mass is 10.0. The average Bonchev–Trinajstić information content (AvgIpc) is 3.44. The van der Waals surface area contributed by atoms with Crippen molar-refractivity contribution >= 4 is 11.6 Å². The summed E-state index contributed by atoms with van der Waals surface area (Å²) in [6.45, 7) is 9.82. The van der Waals surface area contributed by atoms with Gasteiger partial charge in [-0.2, -0.15) is 0 Å². The number of likely N-dealkylation sites (tertiary alicyclic amines) is 1. The SMILES string of the molecule is Cc1cccc(N2CCN(C(=O)c3ccc(OCCCN4CC5CCCC5C4)cc3)CC2)c1. The molecular formula is C28H37N3O2. The highest BCUT2D eigenvalue weighted by Crippen LogP contribution is 2.37. The van der Waals surface area contributed by atoms with Crippen molar-refractivity contribution in [3.8, 4) is 5.75 Å². The number of piperazine rings is 1. The molecule has 33 heavy (non-hydrogen) atoms. The van der Waals surface area contributed by atoms with Gasteiger partial charge in [0, 0.05) is 57.1 Å². The third-order valence-corrected chi connectivity index (χ3v) is 7.72. The minimum Gasteiger partial charge on any atom is -0.494 e. The number of hydrogen-bond donors (Lipinski definition) is 0. The molecule has 0 aromatic heterocycles. The number of ether oxygens (including phenoxy) is 1. The summed E-state index contributed by atoms with van der Waals surface area (Å²) in [5.41, 5.74) is 3.26. The number of benzene rings is 2. The van der Waals surface area contributed by atoms with Crippen molar-refractivity contribution in [1.82, 2.24) is 9.80 Å². The van der Waals surface area contributed by atoms with Crippen LogP contribution in [0, 0.1) is 18.8 Å². The fraction of sp³-hybridized carbons (Fsp3) is 0.536. The first-order valence-corrected chi connectivity index (χ1v) is 12.7. The second-order valence-electron chi connectivity index (χ2n) is 10.1. The second-order valence-corrected chi connectivity index (χ2v) is 10.1. The minimum atomic E-state index is 0.116. The maximum Gasteiger partial charge on any atom is 0.253 e. The van der Waals surface area contributed by atoms with Gasteiger partial charge in [-0.15, -0.1) is 0 Å². The highest BCUT2D eigenvalue weighted by atomic mass is 16.5. The summed E-state index contributed by atoms with van der Waals surface area (Å²) >= 11 is 0. The molecule has 1 aliphatic carbocycles. The van der Waals surface area contributed by atoms with E-state index in [0.29, 0.717) is 0 Å². The molecule has 3 fully saturated rings. The van der Waals surface area contributed by atoms with E-state index in [1.54, 1.807) is 0 Å². The molecule has 5 heteroatoms. The van der Waals surface area contributed by atoms with Crippen LogP contribution in [-0.4, -0.2) is 68.1 Å². The maximum absolute atomic E-state index is 13.0. The quantitative estimate of drug-likeness (QED) is 0.587. The molecule has 1 amide bonds. The van der Waals surface area contributed by atoms with Gasteiger partial charge in [0.2, 0.25) is 0 Å². The normalized spacial score (nSPS) is 23.1. The Bertz CT molecular complexity index is 924. The zero-order chi connectivity index (χ0) is 22.6. The van der Waals surface area contributed by atoms with E-state index in [1.165, 1.54) is 43.6 Å². The Balaban J connectivity index is 1.04. The number of nitrogens with zero attached hydrogens (tertiary/aromatic N) is 3. The van der Waals surface area contributed by atoms with Crippen LogP contribution >= 0.6 is 0 Å². The summed E-state index contributed by atoms with van der Waals surface area (Å²) in [4.78, 5) is 19.9. The zero-order valence-corrected chi connectivity index (χ0v) is 19.9. The van der Waals surface area contributed by atoms with Gasteiger partial charge in [-0.05, 0) is 80.0 Å². The number of fused-ring (bicyclic) bond motifs is 1. The van der Waals surface area contributed by atoms with Gasteiger partial charge in [0.15, 0.2) is 0 Å². The lowest BCUT2D eigenvalue weighted by molar-refractivity contribution is 0.0746. The first-order chi connectivity index (χ1) is 16.2. The molecular weight excluding hydrogens is 410 g/mol. The van der Waals surface area contributed by atoms with Crippen molar-refractivity contribution in [2.45, 2.75) is 32.6 Å². The van der Waals surface area contributed by atoms with E-state index in [2.05, 4.69) is 41.0 Å². The summed E-state index contributed by atoms with van der Waals surface area (Å²) in [5.74, 6) is 2.89. The highest BCUT2D eigenvalue weighted by Gasteiger charge is 2.35. The molecule has 2 heterocycles. The standard InChI is InChI=1S/C28H37N3O2/c1-22-5-2-8-26(19-22)30-14-16-31(17-15-30)28(32)23-9-11-27(12-10-23)33-18-4-13-29-20-24-6-3-7-25(24)21-29/h2,5,8-12,19,24-25H,3-4,6-7,13-18,20-21H2,1H3. The number of anilines is 1. The zero-order valence-electron chi connectivity index (χ0n) is 19.9. The number of aryl methyl sites for hydroxylation is 1.